The topological polar surface area (TPSA) is 102 Å². The molecule has 4 N–H and O–H groups in total. The first kappa shape index (κ1) is 22.4. The molecule has 10 heteroatoms. The maximum absolute atomic E-state index is 12.9. The van der Waals surface area contributed by atoms with Crippen LogP contribution in [0.25, 0.3) is 0 Å². The summed E-state index contributed by atoms with van der Waals surface area (Å²) in [6.07, 6.45) is -4.62. The molecule has 3 rings (SSSR count). The second-order valence-corrected chi connectivity index (χ2v) is 7.29. The lowest BCUT2D eigenvalue weighted by atomic mass is 10.1. The second-order valence-electron chi connectivity index (χ2n) is 7.29. The van der Waals surface area contributed by atoms with Crippen molar-refractivity contribution in [1.29, 1.82) is 0 Å². The number of phenolic OH excluding ortho intramolecular Hbond substituents is 1. The van der Waals surface area contributed by atoms with E-state index in [4.69, 9.17) is 0 Å². The number of aliphatic hydroxyl groups excluding tert-OH is 1. The summed E-state index contributed by atoms with van der Waals surface area (Å²) in [5.41, 5.74) is -0.612. The van der Waals surface area contributed by atoms with E-state index in [1.165, 1.54) is 41.3 Å². The number of aliphatic hydroxyl groups is 1. The van der Waals surface area contributed by atoms with Gasteiger partial charge in [-0.3, -0.25) is 4.79 Å². The first-order chi connectivity index (χ1) is 14.6. The van der Waals surface area contributed by atoms with Gasteiger partial charge in [0.05, 0.1) is 17.7 Å². The van der Waals surface area contributed by atoms with Crippen molar-refractivity contribution in [2.24, 2.45) is 0 Å². The van der Waals surface area contributed by atoms with Crippen molar-refractivity contribution in [2.45, 2.75) is 31.2 Å². The molecule has 0 aromatic heterocycles. The lowest BCUT2D eigenvalue weighted by Crippen LogP contribution is -2.50. The molecule has 7 nitrogen and oxygen atoms in total. The number of aromatic hydroxyl groups is 1. The van der Waals surface area contributed by atoms with Crippen LogP contribution in [0.4, 0.5) is 23.7 Å². The smallest absolute Gasteiger partial charge is 0.416 e. The third-order valence-electron chi connectivity index (χ3n) is 4.98. The molecule has 166 valence electrons. The van der Waals surface area contributed by atoms with Crippen LogP contribution in [0.1, 0.15) is 28.8 Å². The number of nitrogens with one attached hydrogen (secondary N) is 2. The van der Waals surface area contributed by atoms with E-state index in [1.807, 2.05) is 0 Å². The van der Waals surface area contributed by atoms with Gasteiger partial charge in [-0.1, -0.05) is 6.07 Å². The molecule has 2 atom stereocenters. The van der Waals surface area contributed by atoms with E-state index < -0.39 is 35.8 Å². The maximum atomic E-state index is 12.9. The van der Waals surface area contributed by atoms with E-state index in [1.54, 1.807) is 0 Å². The van der Waals surface area contributed by atoms with E-state index in [0.717, 1.165) is 12.1 Å². The molecule has 0 unspecified atom stereocenters. The van der Waals surface area contributed by atoms with Gasteiger partial charge in [0.25, 0.3) is 5.91 Å². The summed E-state index contributed by atoms with van der Waals surface area (Å²) in [6.45, 7) is 0.253. The first-order valence-electron chi connectivity index (χ1n) is 9.64. The summed E-state index contributed by atoms with van der Waals surface area (Å²) in [4.78, 5) is 26.4. The fourth-order valence-corrected chi connectivity index (χ4v) is 3.31. The molecule has 2 aromatic carbocycles. The molecule has 1 fully saturated rings. The highest BCUT2D eigenvalue weighted by Crippen LogP contribution is 2.30. The van der Waals surface area contributed by atoms with Crippen LogP contribution < -0.4 is 10.6 Å². The minimum atomic E-state index is -4.53. The molecular weight excluding hydrogens is 415 g/mol. The van der Waals surface area contributed by atoms with E-state index in [-0.39, 0.29) is 30.1 Å². The number of phenols is 1. The summed E-state index contributed by atoms with van der Waals surface area (Å²) in [5.74, 6) is -0.479. The van der Waals surface area contributed by atoms with Crippen LogP contribution in [0.3, 0.4) is 0 Å². The normalized spacial score (nSPS) is 19.4. The Morgan fingerprint density at radius 3 is 2.48 bits per heavy atom. The Morgan fingerprint density at radius 1 is 1.10 bits per heavy atom. The molecule has 0 aliphatic carbocycles. The molecular formula is C21H22F3N3O4. The molecule has 0 radical (unpaired) electrons. The Balaban J connectivity index is 1.68. The predicted molar refractivity (Wildman–Crippen MR) is 107 cm³/mol. The van der Waals surface area contributed by atoms with Crippen LogP contribution in [0.2, 0.25) is 0 Å². The summed E-state index contributed by atoms with van der Waals surface area (Å²) in [7, 11) is 0. The van der Waals surface area contributed by atoms with Gasteiger partial charge in [-0.2, -0.15) is 13.2 Å². The molecule has 0 saturated carbocycles. The fraction of sp³-hybridized carbons (Fsp3) is 0.333. The Kier molecular flexibility index (Phi) is 6.69. The number of carbonyl (C=O) groups excluding carboxylic acids is 2. The minimum Gasteiger partial charge on any atom is -0.508 e. The number of hydrogen-bond acceptors (Lipinski definition) is 4. The number of amides is 3. The third kappa shape index (κ3) is 5.88. The van der Waals surface area contributed by atoms with Crippen molar-refractivity contribution in [1.82, 2.24) is 10.2 Å². The van der Waals surface area contributed by atoms with Gasteiger partial charge in [0, 0.05) is 24.3 Å². The largest absolute Gasteiger partial charge is 0.508 e. The molecule has 2 aromatic rings. The Morgan fingerprint density at radius 2 is 1.81 bits per heavy atom. The Hall–Kier alpha value is -3.27. The Bertz CT molecular complexity index is 934. The summed E-state index contributed by atoms with van der Waals surface area (Å²) in [6, 6.07) is 8.46. The molecule has 31 heavy (non-hydrogen) atoms. The van der Waals surface area contributed by atoms with Crippen molar-refractivity contribution < 1.29 is 33.0 Å². The lowest BCUT2D eigenvalue weighted by Gasteiger charge is -2.27. The average molecular weight is 437 g/mol. The van der Waals surface area contributed by atoms with E-state index in [9.17, 15) is 33.0 Å². The number of halogens is 3. The molecule has 1 saturated heterocycles. The quantitative estimate of drug-likeness (QED) is 0.592. The van der Waals surface area contributed by atoms with Gasteiger partial charge < -0.3 is 25.7 Å². The van der Waals surface area contributed by atoms with Gasteiger partial charge in [0.2, 0.25) is 0 Å². The van der Waals surface area contributed by atoms with Crippen LogP contribution in [-0.4, -0.2) is 52.3 Å². The van der Waals surface area contributed by atoms with Crippen molar-refractivity contribution in [3.05, 3.63) is 59.7 Å². The standard InChI is InChI=1S/C21H22F3N3O4/c22-21(23,24)14-3-1-4-15(11-14)25-20(31)27-10-2-5-18(29)17(12-27)26-19(30)13-6-8-16(28)9-7-13/h1,3-4,6-9,11,17-18,28-29H,2,5,10,12H2,(H,25,31)(H,26,30)/t17-,18-/m1/s1. The zero-order chi connectivity index (χ0) is 22.6. The average Bonchev–Trinajstić information content (AvgIpc) is 2.90. The van der Waals surface area contributed by atoms with Gasteiger partial charge in [-0.25, -0.2) is 4.79 Å². The van der Waals surface area contributed by atoms with Crippen molar-refractivity contribution in [3.8, 4) is 5.75 Å². The zero-order valence-corrected chi connectivity index (χ0v) is 16.4. The van der Waals surface area contributed by atoms with Gasteiger partial charge in [-0.05, 0) is 55.3 Å². The van der Waals surface area contributed by atoms with E-state index >= 15 is 0 Å². The first-order valence-corrected chi connectivity index (χ1v) is 9.64. The Labute approximate surface area is 176 Å². The molecule has 0 bridgehead atoms. The van der Waals surface area contributed by atoms with Crippen molar-refractivity contribution in [2.75, 3.05) is 18.4 Å². The van der Waals surface area contributed by atoms with Crippen LogP contribution in [0.15, 0.2) is 48.5 Å². The SMILES string of the molecule is O=C(N[C@@H]1CN(C(=O)Nc2cccc(C(F)(F)F)c2)CCC[C@H]1O)c1ccc(O)cc1. The highest BCUT2D eigenvalue weighted by Gasteiger charge is 2.32. The van der Waals surface area contributed by atoms with E-state index in [0.29, 0.717) is 12.8 Å². The minimum absolute atomic E-state index is 0.00323. The number of rotatable bonds is 3. The number of urea groups is 1. The molecule has 1 heterocycles. The highest BCUT2D eigenvalue weighted by molar-refractivity contribution is 5.94. The number of nitrogens with zero attached hydrogens (tertiary/aromatic N) is 1. The van der Waals surface area contributed by atoms with Gasteiger partial charge in [0.15, 0.2) is 0 Å². The lowest BCUT2D eigenvalue weighted by molar-refractivity contribution is -0.137. The van der Waals surface area contributed by atoms with Gasteiger partial charge in [-0.15, -0.1) is 0 Å². The summed E-state index contributed by atoms with van der Waals surface area (Å²) >= 11 is 0. The number of likely N-dealkylation sites (tertiary alicyclic amines) is 1. The van der Waals surface area contributed by atoms with E-state index in [2.05, 4.69) is 10.6 Å². The van der Waals surface area contributed by atoms with Gasteiger partial charge >= 0.3 is 12.2 Å². The number of anilines is 1. The number of alkyl halides is 3. The molecule has 1 aliphatic rings. The summed E-state index contributed by atoms with van der Waals surface area (Å²) in [5, 5.41) is 24.8. The van der Waals surface area contributed by atoms with Gasteiger partial charge in [0.1, 0.15) is 5.75 Å². The monoisotopic (exact) mass is 437 g/mol. The van der Waals surface area contributed by atoms with Crippen LogP contribution in [0, 0.1) is 0 Å². The number of carbonyl (C=O) groups is 2. The number of benzene rings is 2. The van der Waals surface area contributed by atoms with Crippen molar-refractivity contribution in [3.63, 3.8) is 0 Å². The maximum Gasteiger partial charge on any atom is 0.416 e. The van der Waals surface area contributed by atoms with Crippen LogP contribution in [-0.2, 0) is 6.18 Å². The predicted octanol–water partition coefficient (Wildman–Crippen LogP) is 3.20. The fourth-order valence-electron chi connectivity index (χ4n) is 3.31. The summed E-state index contributed by atoms with van der Waals surface area (Å²) < 4.78 is 38.7. The van der Waals surface area contributed by atoms with Crippen LogP contribution in [0.5, 0.6) is 5.75 Å². The third-order valence-corrected chi connectivity index (χ3v) is 4.98. The van der Waals surface area contributed by atoms with Crippen LogP contribution >= 0.6 is 0 Å². The molecule has 1 aliphatic heterocycles. The van der Waals surface area contributed by atoms with Crippen molar-refractivity contribution >= 4 is 17.6 Å². The molecule has 0 spiro atoms. The second kappa shape index (κ2) is 9.25. The highest BCUT2D eigenvalue weighted by atomic mass is 19.4. The molecule has 3 amide bonds. The number of hydrogen-bond donors (Lipinski definition) is 4. The zero-order valence-electron chi connectivity index (χ0n) is 16.4.